The van der Waals surface area contributed by atoms with Crippen LogP contribution in [0.2, 0.25) is 0 Å². The Morgan fingerprint density at radius 3 is 2.19 bits per heavy atom. The van der Waals surface area contributed by atoms with E-state index in [2.05, 4.69) is 5.32 Å². The maximum absolute atomic E-state index is 10.9. The summed E-state index contributed by atoms with van der Waals surface area (Å²) in [5.74, 6) is -0.402. The molecule has 94 valence electrons. The summed E-state index contributed by atoms with van der Waals surface area (Å²) in [6.45, 7) is 0.360. The number of aliphatic hydroxyl groups is 4. The number of ether oxygens (including phenoxy) is 1. The molecule has 16 heavy (non-hydrogen) atoms. The molecule has 1 saturated heterocycles. The molecular formula is C9H17NO6. The maximum atomic E-state index is 10.9. The summed E-state index contributed by atoms with van der Waals surface area (Å²) in [7, 11) is 0. The van der Waals surface area contributed by atoms with Crippen LogP contribution < -0.4 is 5.32 Å². The quantitative estimate of drug-likeness (QED) is 0.355. The van der Waals surface area contributed by atoms with Crippen LogP contribution in [0.3, 0.4) is 0 Å². The third kappa shape index (κ3) is 2.69. The van der Waals surface area contributed by atoms with Crippen molar-refractivity contribution in [3.8, 4) is 0 Å². The zero-order valence-corrected chi connectivity index (χ0v) is 8.91. The monoisotopic (exact) mass is 235 g/mol. The average Bonchev–Trinajstić information content (AvgIpc) is 2.25. The minimum atomic E-state index is -1.30. The van der Waals surface area contributed by atoms with Gasteiger partial charge in [0, 0.05) is 6.92 Å². The lowest BCUT2D eigenvalue weighted by Gasteiger charge is -2.41. The molecule has 5 atom stereocenters. The second kappa shape index (κ2) is 5.55. The third-order valence-corrected chi connectivity index (χ3v) is 2.58. The van der Waals surface area contributed by atoms with E-state index in [-0.39, 0.29) is 0 Å². The van der Waals surface area contributed by atoms with Gasteiger partial charge in [0.15, 0.2) is 0 Å². The van der Waals surface area contributed by atoms with Gasteiger partial charge < -0.3 is 30.5 Å². The molecule has 0 saturated carbocycles. The predicted octanol–water partition coefficient (Wildman–Crippen LogP) is -3.04. The van der Waals surface area contributed by atoms with Crippen molar-refractivity contribution < 1.29 is 30.0 Å². The van der Waals surface area contributed by atoms with Crippen molar-refractivity contribution in [1.82, 2.24) is 5.32 Å². The van der Waals surface area contributed by atoms with Gasteiger partial charge in [-0.25, -0.2) is 0 Å². The van der Waals surface area contributed by atoms with E-state index >= 15 is 0 Å². The summed E-state index contributed by atoms with van der Waals surface area (Å²) < 4.78 is 5.16. The van der Waals surface area contributed by atoms with Crippen LogP contribution in [-0.4, -0.2) is 70.0 Å². The average molecular weight is 235 g/mol. The number of aliphatic hydroxyl groups excluding tert-OH is 4. The highest BCUT2D eigenvalue weighted by Crippen LogP contribution is 2.20. The molecule has 0 aliphatic carbocycles. The van der Waals surface area contributed by atoms with Gasteiger partial charge in [-0.3, -0.25) is 4.79 Å². The van der Waals surface area contributed by atoms with Crippen molar-refractivity contribution in [1.29, 1.82) is 0 Å². The van der Waals surface area contributed by atoms with E-state index in [1.165, 1.54) is 6.92 Å². The molecule has 0 aromatic heterocycles. The first-order chi connectivity index (χ1) is 7.51. The molecule has 0 aromatic carbocycles. The molecule has 1 amide bonds. The highest BCUT2D eigenvalue weighted by Gasteiger charge is 2.44. The SMILES string of the molecule is CC(=O)N[C@H]1C(CO)O[C@H](CO)[C@H](O)[C@@H]1O. The highest BCUT2D eigenvalue weighted by atomic mass is 16.5. The zero-order chi connectivity index (χ0) is 12.3. The lowest BCUT2D eigenvalue weighted by Crippen LogP contribution is -2.64. The van der Waals surface area contributed by atoms with E-state index in [1.54, 1.807) is 0 Å². The van der Waals surface area contributed by atoms with Gasteiger partial charge in [0.05, 0.1) is 19.3 Å². The summed E-state index contributed by atoms with van der Waals surface area (Å²) in [5.41, 5.74) is 0. The first-order valence-electron chi connectivity index (χ1n) is 5.01. The first kappa shape index (κ1) is 13.3. The van der Waals surface area contributed by atoms with Crippen molar-refractivity contribution in [3.05, 3.63) is 0 Å². The predicted molar refractivity (Wildman–Crippen MR) is 52.5 cm³/mol. The molecular weight excluding hydrogens is 218 g/mol. The fourth-order valence-corrected chi connectivity index (χ4v) is 1.76. The smallest absolute Gasteiger partial charge is 0.217 e. The number of carbonyl (C=O) groups excluding carboxylic acids is 1. The molecule has 1 unspecified atom stereocenters. The van der Waals surface area contributed by atoms with Crippen LogP contribution in [0.15, 0.2) is 0 Å². The molecule has 1 aliphatic heterocycles. The summed E-state index contributed by atoms with van der Waals surface area (Å²) in [6.07, 6.45) is -4.40. The number of hydrogen-bond donors (Lipinski definition) is 5. The molecule has 0 bridgehead atoms. The van der Waals surface area contributed by atoms with Crippen molar-refractivity contribution in [2.24, 2.45) is 0 Å². The molecule has 1 heterocycles. The van der Waals surface area contributed by atoms with E-state index in [0.717, 1.165) is 0 Å². The molecule has 5 N–H and O–H groups in total. The van der Waals surface area contributed by atoms with E-state index < -0.39 is 49.6 Å². The van der Waals surface area contributed by atoms with Gasteiger partial charge in [0.25, 0.3) is 0 Å². The van der Waals surface area contributed by atoms with Crippen LogP contribution in [0.1, 0.15) is 6.92 Å². The Kier molecular flexibility index (Phi) is 4.63. The van der Waals surface area contributed by atoms with Gasteiger partial charge in [0.2, 0.25) is 5.91 Å². The zero-order valence-electron chi connectivity index (χ0n) is 8.91. The summed E-state index contributed by atoms with van der Waals surface area (Å²) in [5, 5.41) is 39.6. The fraction of sp³-hybridized carbons (Fsp3) is 0.889. The van der Waals surface area contributed by atoms with Gasteiger partial charge >= 0.3 is 0 Å². The van der Waals surface area contributed by atoms with Crippen LogP contribution in [0.25, 0.3) is 0 Å². The minimum absolute atomic E-state index is 0.402. The van der Waals surface area contributed by atoms with E-state index in [4.69, 9.17) is 14.9 Å². The Balaban J connectivity index is 2.77. The highest BCUT2D eigenvalue weighted by molar-refractivity contribution is 5.73. The molecule has 7 heteroatoms. The standard InChI is InChI=1S/C9H17NO6/c1-4(13)10-7-5(2-11)16-6(3-12)8(14)9(7)15/h5-9,11-12,14-15H,2-3H2,1H3,(H,10,13)/t5?,6-,7+,8+,9-/m1/s1. The topological polar surface area (TPSA) is 119 Å². The molecule has 0 radical (unpaired) electrons. The van der Waals surface area contributed by atoms with Gasteiger partial charge in [-0.15, -0.1) is 0 Å². The Bertz CT molecular complexity index is 246. The summed E-state index contributed by atoms with van der Waals surface area (Å²) in [4.78, 5) is 10.9. The van der Waals surface area contributed by atoms with Crippen LogP contribution in [0.5, 0.6) is 0 Å². The number of rotatable bonds is 3. The molecule has 7 nitrogen and oxygen atoms in total. The van der Waals surface area contributed by atoms with Crippen LogP contribution in [0, 0.1) is 0 Å². The second-order valence-electron chi connectivity index (χ2n) is 3.79. The van der Waals surface area contributed by atoms with E-state index in [0.29, 0.717) is 0 Å². The molecule has 1 aliphatic rings. The van der Waals surface area contributed by atoms with Crippen LogP contribution >= 0.6 is 0 Å². The second-order valence-corrected chi connectivity index (χ2v) is 3.79. The number of carbonyl (C=O) groups is 1. The Morgan fingerprint density at radius 1 is 1.19 bits per heavy atom. The van der Waals surface area contributed by atoms with E-state index in [9.17, 15) is 15.0 Å². The largest absolute Gasteiger partial charge is 0.394 e. The third-order valence-electron chi connectivity index (χ3n) is 2.58. The molecule has 1 rings (SSSR count). The fourth-order valence-electron chi connectivity index (χ4n) is 1.76. The van der Waals surface area contributed by atoms with Crippen LogP contribution in [0.4, 0.5) is 0 Å². The molecule has 0 spiro atoms. The number of hydrogen-bond acceptors (Lipinski definition) is 6. The van der Waals surface area contributed by atoms with Gasteiger partial charge in [-0.05, 0) is 0 Å². The molecule has 0 aromatic rings. The van der Waals surface area contributed by atoms with Crippen LogP contribution in [-0.2, 0) is 9.53 Å². The molecule has 1 fully saturated rings. The van der Waals surface area contributed by atoms with Crippen molar-refractivity contribution in [2.45, 2.75) is 37.4 Å². The number of nitrogens with one attached hydrogen (secondary N) is 1. The lowest BCUT2D eigenvalue weighted by atomic mass is 9.93. The van der Waals surface area contributed by atoms with Crippen molar-refractivity contribution in [2.75, 3.05) is 13.2 Å². The van der Waals surface area contributed by atoms with Crippen molar-refractivity contribution in [3.63, 3.8) is 0 Å². The summed E-state index contributed by atoms with van der Waals surface area (Å²) >= 11 is 0. The van der Waals surface area contributed by atoms with E-state index in [1.807, 2.05) is 0 Å². The van der Waals surface area contributed by atoms with Crippen molar-refractivity contribution >= 4 is 5.91 Å². The Labute approximate surface area is 92.7 Å². The first-order valence-corrected chi connectivity index (χ1v) is 5.01. The van der Waals surface area contributed by atoms with Gasteiger partial charge in [0.1, 0.15) is 24.4 Å². The van der Waals surface area contributed by atoms with Gasteiger partial charge in [-0.1, -0.05) is 0 Å². The minimum Gasteiger partial charge on any atom is -0.394 e. The summed E-state index contributed by atoms with van der Waals surface area (Å²) in [6, 6.07) is -0.889. The normalized spacial score (nSPS) is 39.4. The Hall–Kier alpha value is -0.730. The lowest BCUT2D eigenvalue weighted by molar-refractivity contribution is -0.202. The van der Waals surface area contributed by atoms with Gasteiger partial charge in [-0.2, -0.15) is 0 Å². The maximum Gasteiger partial charge on any atom is 0.217 e. The Morgan fingerprint density at radius 2 is 1.75 bits per heavy atom. The number of amides is 1.